The summed E-state index contributed by atoms with van der Waals surface area (Å²) in [5.41, 5.74) is 2.92. The van der Waals surface area contributed by atoms with Crippen molar-refractivity contribution in [3.05, 3.63) is 47.8 Å². The van der Waals surface area contributed by atoms with Crippen LogP contribution in [0, 0.1) is 0 Å². The van der Waals surface area contributed by atoms with Crippen LogP contribution in [-0.4, -0.2) is 21.7 Å². The van der Waals surface area contributed by atoms with Gasteiger partial charge in [0.15, 0.2) is 0 Å². The number of pyridine rings is 1. The highest BCUT2D eigenvalue weighted by Gasteiger charge is 2.29. The fraction of sp³-hybridized carbons (Fsp3) is 0.250. The van der Waals surface area contributed by atoms with Gasteiger partial charge in [-0.3, -0.25) is 4.98 Å². The van der Waals surface area contributed by atoms with Crippen LogP contribution in [0.5, 0.6) is 5.75 Å². The van der Waals surface area contributed by atoms with Gasteiger partial charge < -0.3 is 9.84 Å². The minimum absolute atomic E-state index is 0.178. The van der Waals surface area contributed by atoms with E-state index in [1.165, 1.54) is 6.20 Å². The Bertz CT molecular complexity index is 692. The van der Waals surface area contributed by atoms with E-state index in [9.17, 15) is 4.79 Å². The van der Waals surface area contributed by atoms with Gasteiger partial charge in [-0.1, -0.05) is 6.07 Å². The number of ether oxygens (including phenoxy) is 1. The van der Waals surface area contributed by atoms with Gasteiger partial charge in [-0.2, -0.15) is 0 Å². The lowest BCUT2D eigenvalue weighted by molar-refractivity contribution is 0.0696. The molecule has 0 saturated carbocycles. The third-order valence-corrected chi connectivity index (χ3v) is 3.38. The Morgan fingerprint density at radius 2 is 2.05 bits per heavy atom. The van der Waals surface area contributed by atoms with Gasteiger partial charge in [0.05, 0.1) is 5.56 Å². The number of carbonyl (C=O) groups is 1. The van der Waals surface area contributed by atoms with Crippen LogP contribution < -0.4 is 4.74 Å². The molecule has 0 aliphatic carbocycles. The van der Waals surface area contributed by atoms with Crippen molar-refractivity contribution in [2.24, 2.45) is 0 Å². The maximum atomic E-state index is 11.0. The molecule has 3 rings (SSSR count). The molecule has 0 fully saturated rings. The van der Waals surface area contributed by atoms with Crippen molar-refractivity contribution in [2.75, 3.05) is 0 Å². The highest BCUT2D eigenvalue weighted by molar-refractivity contribution is 5.88. The molecule has 2 heterocycles. The monoisotopic (exact) mass is 269 g/mol. The first-order chi connectivity index (χ1) is 9.44. The summed E-state index contributed by atoms with van der Waals surface area (Å²) in [4.78, 5) is 15.0. The summed E-state index contributed by atoms with van der Waals surface area (Å²) >= 11 is 0. The molecule has 1 aliphatic rings. The molecule has 0 spiro atoms. The van der Waals surface area contributed by atoms with E-state index in [0.29, 0.717) is 0 Å². The predicted octanol–water partition coefficient (Wildman–Crippen LogP) is 3.16. The van der Waals surface area contributed by atoms with Crippen LogP contribution in [0.4, 0.5) is 0 Å². The largest absolute Gasteiger partial charge is 0.487 e. The van der Waals surface area contributed by atoms with Gasteiger partial charge in [0.25, 0.3) is 0 Å². The molecular weight excluding hydrogens is 254 g/mol. The molecule has 0 amide bonds. The van der Waals surface area contributed by atoms with Gasteiger partial charge in [0.1, 0.15) is 11.4 Å². The molecule has 0 bridgehead atoms. The summed E-state index contributed by atoms with van der Waals surface area (Å²) in [6, 6.07) is 7.56. The van der Waals surface area contributed by atoms with E-state index in [1.807, 2.05) is 18.2 Å². The van der Waals surface area contributed by atoms with Crippen molar-refractivity contribution in [1.82, 2.24) is 4.98 Å². The van der Waals surface area contributed by atoms with E-state index < -0.39 is 5.97 Å². The third kappa shape index (κ3) is 2.25. The van der Waals surface area contributed by atoms with Gasteiger partial charge in [0.2, 0.25) is 0 Å². The molecule has 0 radical (unpaired) electrons. The van der Waals surface area contributed by atoms with Crippen molar-refractivity contribution >= 4 is 5.97 Å². The molecule has 4 heteroatoms. The number of aromatic nitrogens is 1. The van der Waals surface area contributed by atoms with E-state index in [1.54, 1.807) is 12.3 Å². The van der Waals surface area contributed by atoms with Crippen molar-refractivity contribution < 1.29 is 14.6 Å². The number of nitrogens with zero attached hydrogens (tertiary/aromatic N) is 1. The molecule has 1 aromatic carbocycles. The first kappa shape index (κ1) is 12.7. The van der Waals surface area contributed by atoms with Crippen LogP contribution in [0.25, 0.3) is 11.1 Å². The van der Waals surface area contributed by atoms with Crippen LogP contribution in [-0.2, 0) is 6.42 Å². The van der Waals surface area contributed by atoms with E-state index in [-0.39, 0.29) is 11.2 Å². The van der Waals surface area contributed by atoms with Crippen LogP contribution in [0.15, 0.2) is 36.7 Å². The Morgan fingerprint density at radius 1 is 1.25 bits per heavy atom. The molecule has 1 N–H and O–H groups in total. The lowest BCUT2D eigenvalue weighted by Gasteiger charge is -2.16. The smallest absolute Gasteiger partial charge is 0.337 e. The van der Waals surface area contributed by atoms with E-state index in [4.69, 9.17) is 9.84 Å². The summed E-state index contributed by atoms with van der Waals surface area (Å²) in [6.45, 7) is 4.11. The fourth-order valence-electron chi connectivity index (χ4n) is 2.50. The number of benzene rings is 1. The lowest BCUT2D eigenvalue weighted by atomic mass is 9.98. The minimum Gasteiger partial charge on any atom is -0.487 e. The summed E-state index contributed by atoms with van der Waals surface area (Å²) in [6.07, 6.45) is 3.88. The Hall–Kier alpha value is -2.36. The van der Waals surface area contributed by atoms with Gasteiger partial charge in [-0.25, -0.2) is 4.79 Å². The maximum absolute atomic E-state index is 11.0. The highest BCUT2D eigenvalue weighted by atomic mass is 16.5. The molecule has 1 aliphatic heterocycles. The molecular formula is C16H15NO3. The average Bonchev–Trinajstić information content (AvgIpc) is 2.71. The number of fused-ring (bicyclic) bond motifs is 1. The normalized spacial score (nSPS) is 15.5. The first-order valence-corrected chi connectivity index (χ1v) is 6.45. The van der Waals surface area contributed by atoms with Gasteiger partial charge in [-0.15, -0.1) is 0 Å². The summed E-state index contributed by atoms with van der Waals surface area (Å²) in [5, 5.41) is 9.02. The average molecular weight is 269 g/mol. The van der Waals surface area contributed by atoms with E-state index in [2.05, 4.69) is 18.8 Å². The number of hydrogen-bond acceptors (Lipinski definition) is 3. The Balaban J connectivity index is 2.01. The summed E-state index contributed by atoms with van der Waals surface area (Å²) < 4.78 is 5.84. The van der Waals surface area contributed by atoms with Crippen molar-refractivity contribution in [3.8, 4) is 16.9 Å². The number of carboxylic acids is 1. The lowest BCUT2D eigenvalue weighted by Crippen LogP contribution is -2.24. The molecule has 1 aromatic heterocycles. The number of carboxylic acid groups (broad SMARTS) is 1. The van der Waals surface area contributed by atoms with Crippen LogP contribution in [0.2, 0.25) is 0 Å². The third-order valence-electron chi connectivity index (χ3n) is 3.38. The van der Waals surface area contributed by atoms with Crippen LogP contribution in [0.3, 0.4) is 0 Å². The topological polar surface area (TPSA) is 59.4 Å². The molecule has 0 atom stereocenters. The van der Waals surface area contributed by atoms with E-state index in [0.717, 1.165) is 28.9 Å². The second-order valence-electron chi connectivity index (χ2n) is 5.63. The van der Waals surface area contributed by atoms with Crippen LogP contribution in [0.1, 0.15) is 29.8 Å². The zero-order valence-corrected chi connectivity index (χ0v) is 11.4. The standard InChI is InChI=1S/C16H15NO3/c1-16(2)7-11-5-10(3-4-14(11)20-16)12-6-13(15(18)19)9-17-8-12/h3-6,8-9H,7H2,1-2H3,(H,18,19). The molecule has 4 nitrogen and oxygen atoms in total. The molecule has 0 unspecified atom stereocenters. The number of rotatable bonds is 2. The fourth-order valence-corrected chi connectivity index (χ4v) is 2.50. The maximum Gasteiger partial charge on any atom is 0.337 e. The number of aromatic carboxylic acids is 1. The zero-order valence-electron chi connectivity index (χ0n) is 11.4. The van der Waals surface area contributed by atoms with Gasteiger partial charge in [0, 0.05) is 24.4 Å². The quantitative estimate of drug-likeness (QED) is 0.909. The second-order valence-corrected chi connectivity index (χ2v) is 5.63. The van der Waals surface area contributed by atoms with Gasteiger partial charge >= 0.3 is 5.97 Å². The second kappa shape index (κ2) is 4.34. The SMILES string of the molecule is CC1(C)Cc2cc(-c3cncc(C(=O)O)c3)ccc2O1. The summed E-state index contributed by atoms with van der Waals surface area (Å²) in [5.74, 6) is -0.0638. The molecule has 102 valence electrons. The van der Waals surface area contributed by atoms with Crippen molar-refractivity contribution in [3.63, 3.8) is 0 Å². The Morgan fingerprint density at radius 3 is 2.80 bits per heavy atom. The predicted molar refractivity (Wildman–Crippen MR) is 75.0 cm³/mol. The molecule has 0 saturated heterocycles. The van der Waals surface area contributed by atoms with Crippen molar-refractivity contribution in [1.29, 1.82) is 0 Å². The van der Waals surface area contributed by atoms with Crippen LogP contribution >= 0.6 is 0 Å². The van der Waals surface area contributed by atoms with Crippen molar-refractivity contribution in [2.45, 2.75) is 25.9 Å². The highest BCUT2D eigenvalue weighted by Crippen LogP contribution is 2.37. The zero-order chi connectivity index (χ0) is 14.3. The first-order valence-electron chi connectivity index (χ1n) is 6.45. The van der Waals surface area contributed by atoms with Gasteiger partial charge in [-0.05, 0) is 43.2 Å². The Labute approximate surface area is 117 Å². The van der Waals surface area contributed by atoms with E-state index >= 15 is 0 Å². The summed E-state index contributed by atoms with van der Waals surface area (Å²) in [7, 11) is 0. The minimum atomic E-state index is -0.968. The number of hydrogen-bond donors (Lipinski definition) is 1. The Kier molecular flexibility index (Phi) is 2.74. The molecule has 2 aromatic rings. The molecule has 20 heavy (non-hydrogen) atoms.